The van der Waals surface area contributed by atoms with Gasteiger partial charge in [-0.1, -0.05) is 74.0 Å². The zero-order chi connectivity index (χ0) is 13.8. The molecule has 1 aliphatic rings. The van der Waals surface area contributed by atoms with Crippen LogP contribution in [0.5, 0.6) is 0 Å². The number of rotatable bonds is 4. The Hall–Kier alpha value is -1.60. The Morgan fingerprint density at radius 1 is 0.850 bits per heavy atom. The van der Waals surface area contributed by atoms with Crippen molar-refractivity contribution in [2.45, 2.75) is 38.3 Å². The summed E-state index contributed by atoms with van der Waals surface area (Å²) >= 11 is 0. The van der Waals surface area contributed by atoms with Gasteiger partial charge in [-0.15, -0.1) is 0 Å². The highest BCUT2D eigenvalue weighted by Gasteiger charge is 2.26. The molecule has 3 rings (SSSR count). The van der Waals surface area contributed by atoms with Crippen LogP contribution in [0.25, 0.3) is 0 Å². The van der Waals surface area contributed by atoms with Crippen LogP contribution in [0.4, 0.5) is 0 Å². The zero-order valence-corrected chi connectivity index (χ0v) is 12.1. The van der Waals surface area contributed by atoms with E-state index in [1.54, 1.807) is 0 Å². The first-order valence-electron chi connectivity index (χ1n) is 7.70. The van der Waals surface area contributed by atoms with Crippen molar-refractivity contribution >= 4 is 0 Å². The number of hydrogen-bond donors (Lipinski definition) is 1. The lowest BCUT2D eigenvalue weighted by Gasteiger charge is -2.26. The molecular formula is C19H23N. The van der Waals surface area contributed by atoms with Gasteiger partial charge in [0, 0.05) is 6.04 Å². The molecule has 2 aromatic carbocycles. The van der Waals surface area contributed by atoms with Crippen LogP contribution in [0.3, 0.4) is 0 Å². The average Bonchev–Trinajstić information content (AvgIpc) is 2.92. The molecule has 1 N–H and O–H groups in total. The lowest BCUT2D eigenvalue weighted by atomic mass is 9.96. The maximum Gasteiger partial charge on any atom is 0.0578 e. The smallest absolute Gasteiger partial charge is 0.0578 e. The normalized spacial score (nSPS) is 22.3. The van der Waals surface area contributed by atoms with Crippen molar-refractivity contribution < 1.29 is 0 Å². The first-order valence-corrected chi connectivity index (χ1v) is 7.70. The Morgan fingerprint density at radius 3 is 1.85 bits per heavy atom. The lowest BCUT2D eigenvalue weighted by molar-refractivity contribution is 0.399. The maximum absolute atomic E-state index is 3.90. The van der Waals surface area contributed by atoms with E-state index in [1.165, 1.54) is 30.4 Å². The van der Waals surface area contributed by atoms with Gasteiger partial charge >= 0.3 is 0 Å². The van der Waals surface area contributed by atoms with Crippen molar-refractivity contribution in [2.75, 3.05) is 0 Å². The minimum atomic E-state index is 0.308. The highest BCUT2D eigenvalue weighted by atomic mass is 15.0. The molecule has 2 unspecified atom stereocenters. The topological polar surface area (TPSA) is 12.0 Å². The molecule has 0 aromatic heterocycles. The lowest BCUT2D eigenvalue weighted by Crippen LogP contribution is -2.35. The molecule has 0 amide bonds. The fourth-order valence-electron chi connectivity index (χ4n) is 3.28. The first kappa shape index (κ1) is 13.4. The van der Waals surface area contributed by atoms with Crippen molar-refractivity contribution in [2.24, 2.45) is 5.92 Å². The summed E-state index contributed by atoms with van der Waals surface area (Å²) in [6, 6.07) is 22.5. The van der Waals surface area contributed by atoms with Gasteiger partial charge in [-0.3, -0.25) is 0 Å². The molecule has 104 valence electrons. The van der Waals surface area contributed by atoms with Gasteiger partial charge in [-0.05, 0) is 29.9 Å². The Labute approximate surface area is 122 Å². The Balaban J connectivity index is 1.88. The van der Waals surface area contributed by atoms with Gasteiger partial charge in [0.05, 0.1) is 6.04 Å². The van der Waals surface area contributed by atoms with Crippen molar-refractivity contribution in [3.63, 3.8) is 0 Å². The number of hydrogen-bond acceptors (Lipinski definition) is 1. The van der Waals surface area contributed by atoms with Crippen molar-refractivity contribution in [3.05, 3.63) is 71.8 Å². The third-order valence-electron chi connectivity index (χ3n) is 4.51. The van der Waals surface area contributed by atoms with Gasteiger partial charge in [0.1, 0.15) is 0 Å². The standard InChI is InChI=1S/C19H23N/c1-15-9-8-14-18(15)20-19(16-10-4-2-5-11-16)17-12-6-3-7-13-17/h2-7,10-13,15,18-20H,8-9,14H2,1H3. The Bertz CT molecular complexity index is 480. The molecule has 1 heteroatoms. The fourth-order valence-corrected chi connectivity index (χ4v) is 3.28. The SMILES string of the molecule is CC1CCCC1NC(c1ccccc1)c1ccccc1. The van der Waals surface area contributed by atoms with Crippen LogP contribution >= 0.6 is 0 Å². The van der Waals surface area contributed by atoms with E-state index in [0.717, 1.165) is 5.92 Å². The Kier molecular flexibility index (Phi) is 4.17. The summed E-state index contributed by atoms with van der Waals surface area (Å²) in [6.07, 6.45) is 4.01. The molecule has 0 radical (unpaired) electrons. The molecule has 2 atom stereocenters. The van der Waals surface area contributed by atoms with Crippen molar-refractivity contribution in [1.29, 1.82) is 0 Å². The van der Waals surface area contributed by atoms with Gasteiger partial charge in [0.2, 0.25) is 0 Å². The molecule has 1 fully saturated rings. The van der Waals surface area contributed by atoms with E-state index in [0.29, 0.717) is 12.1 Å². The second kappa shape index (κ2) is 6.23. The van der Waals surface area contributed by atoms with E-state index in [1.807, 2.05) is 0 Å². The van der Waals surface area contributed by atoms with E-state index < -0.39 is 0 Å². The van der Waals surface area contributed by atoms with Gasteiger partial charge in [0.15, 0.2) is 0 Å². The van der Waals surface area contributed by atoms with Crippen LogP contribution < -0.4 is 5.32 Å². The third-order valence-corrected chi connectivity index (χ3v) is 4.51. The van der Waals surface area contributed by atoms with E-state index in [-0.39, 0.29) is 0 Å². The van der Waals surface area contributed by atoms with E-state index >= 15 is 0 Å². The minimum Gasteiger partial charge on any atom is -0.303 e. The second-order valence-electron chi connectivity index (χ2n) is 5.94. The molecule has 1 aliphatic carbocycles. The van der Waals surface area contributed by atoms with E-state index in [4.69, 9.17) is 0 Å². The van der Waals surface area contributed by atoms with Gasteiger partial charge in [-0.25, -0.2) is 0 Å². The summed E-state index contributed by atoms with van der Waals surface area (Å²) < 4.78 is 0. The summed E-state index contributed by atoms with van der Waals surface area (Å²) in [5.74, 6) is 0.782. The molecule has 1 saturated carbocycles. The molecule has 0 aliphatic heterocycles. The predicted molar refractivity (Wildman–Crippen MR) is 84.7 cm³/mol. The molecule has 20 heavy (non-hydrogen) atoms. The van der Waals surface area contributed by atoms with Crippen LogP contribution in [0.2, 0.25) is 0 Å². The largest absolute Gasteiger partial charge is 0.303 e. The summed E-state index contributed by atoms with van der Waals surface area (Å²) in [7, 11) is 0. The molecule has 2 aromatic rings. The monoisotopic (exact) mass is 265 g/mol. The van der Waals surface area contributed by atoms with Crippen LogP contribution in [0.15, 0.2) is 60.7 Å². The van der Waals surface area contributed by atoms with Crippen LogP contribution in [0.1, 0.15) is 43.4 Å². The molecule has 0 saturated heterocycles. The summed E-state index contributed by atoms with van der Waals surface area (Å²) in [5, 5.41) is 3.90. The average molecular weight is 265 g/mol. The molecular weight excluding hydrogens is 242 g/mol. The molecule has 1 nitrogen and oxygen atoms in total. The highest BCUT2D eigenvalue weighted by molar-refractivity contribution is 5.31. The summed E-state index contributed by atoms with van der Waals surface area (Å²) in [5.41, 5.74) is 2.72. The van der Waals surface area contributed by atoms with E-state index in [9.17, 15) is 0 Å². The molecule has 0 heterocycles. The van der Waals surface area contributed by atoms with Crippen LogP contribution in [0, 0.1) is 5.92 Å². The highest BCUT2D eigenvalue weighted by Crippen LogP contribution is 2.30. The van der Waals surface area contributed by atoms with Crippen molar-refractivity contribution in [1.82, 2.24) is 5.32 Å². The molecule has 0 spiro atoms. The first-order chi connectivity index (χ1) is 9.84. The van der Waals surface area contributed by atoms with Crippen LogP contribution in [-0.2, 0) is 0 Å². The van der Waals surface area contributed by atoms with E-state index in [2.05, 4.69) is 72.9 Å². The van der Waals surface area contributed by atoms with Gasteiger partial charge in [-0.2, -0.15) is 0 Å². The summed E-state index contributed by atoms with van der Waals surface area (Å²) in [4.78, 5) is 0. The second-order valence-corrected chi connectivity index (χ2v) is 5.94. The fraction of sp³-hybridized carbons (Fsp3) is 0.368. The number of benzene rings is 2. The van der Waals surface area contributed by atoms with Gasteiger partial charge < -0.3 is 5.32 Å². The number of nitrogens with one attached hydrogen (secondary N) is 1. The third kappa shape index (κ3) is 2.94. The minimum absolute atomic E-state index is 0.308. The summed E-state index contributed by atoms with van der Waals surface area (Å²) in [6.45, 7) is 2.37. The zero-order valence-electron chi connectivity index (χ0n) is 12.1. The quantitative estimate of drug-likeness (QED) is 0.855. The Morgan fingerprint density at radius 2 is 1.40 bits per heavy atom. The van der Waals surface area contributed by atoms with Gasteiger partial charge in [0.25, 0.3) is 0 Å². The van der Waals surface area contributed by atoms with Crippen LogP contribution in [-0.4, -0.2) is 6.04 Å². The predicted octanol–water partition coefficient (Wildman–Crippen LogP) is 4.55. The molecule has 0 bridgehead atoms. The maximum atomic E-state index is 3.90. The van der Waals surface area contributed by atoms with Crippen molar-refractivity contribution in [3.8, 4) is 0 Å².